The third-order valence-electron chi connectivity index (χ3n) is 2.92. The molecule has 112 valence electrons. The molecule has 6 nitrogen and oxygen atoms in total. The average Bonchev–Trinajstić information content (AvgIpc) is 2.93. The maximum atomic E-state index is 11.1. The van der Waals surface area contributed by atoms with Crippen molar-refractivity contribution in [2.24, 2.45) is 0 Å². The van der Waals surface area contributed by atoms with E-state index in [-0.39, 0.29) is 5.69 Å². The first-order valence-corrected chi connectivity index (χ1v) is 7.66. The topological polar surface area (TPSA) is 80.1 Å². The number of pyridine rings is 1. The van der Waals surface area contributed by atoms with E-state index in [1.807, 2.05) is 13.0 Å². The van der Waals surface area contributed by atoms with Crippen LogP contribution in [0.3, 0.4) is 0 Å². The van der Waals surface area contributed by atoms with Crippen LogP contribution in [0.2, 0.25) is 0 Å². The Morgan fingerprint density at radius 2 is 1.95 bits per heavy atom. The lowest BCUT2D eigenvalue weighted by molar-refractivity contribution is -0.384. The van der Waals surface area contributed by atoms with E-state index in [1.54, 1.807) is 17.4 Å². The summed E-state index contributed by atoms with van der Waals surface area (Å²) < 4.78 is 0. The number of nitrogens with zero attached hydrogens (tertiary/aromatic N) is 2. The molecule has 2 N–H and O–H groups in total. The van der Waals surface area contributed by atoms with Crippen LogP contribution < -0.4 is 10.6 Å². The van der Waals surface area contributed by atoms with Crippen molar-refractivity contribution in [2.45, 2.75) is 26.8 Å². The summed E-state index contributed by atoms with van der Waals surface area (Å²) in [6, 6.07) is 7.21. The zero-order valence-corrected chi connectivity index (χ0v) is 12.9. The van der Waals surface area contributed by atoms with Crippen molar-refractivity contribution in [3.8, 4) is 0 Å². The maximum absolute atomic E-state index is 11.1. The van der Waals surface area contributed by atoms with Gasteiger partial charge in [0.15, 0.2) is 0 Å². The number of rotatable bonds is 7. The predicted octanol–water partition coefficient (Wildman–Crippen LogP) is 3.66. The fraction of sp³-hybridized carbons (Fsp3) is 0.357. The van der Waals surface area contributed by atoms with Gasteiger partial charge in [0.2, 0.25) is 5.82 Å². The van der Waals surface area contributed by atoms with Crippen LogP contribution in [-0.4, -0.2) is 16.5 Å². The number of anilines is 2. The summed E-state index contributed by atoms with van der Waals surface area (Å²) in [4.78, 5) is 17.3. The highest BCUT2D eigenvalue weighted by molar-refractivity contribution is 7.12. The Balaban J connectivity index is 2.16. The lowest BCUT2D eigenvalue weighted by Gasteiger charge is -2.08. The molecule has 0 amide bonds. The van der Waals surface area contributed by atoms with Gasteiger partial charge in [-0.3, -0.25) is 10.1 Å². The highest BCUT2D eigenvalue weighted by Crippen LogP contribution is 2.25. The second kappa shape index (κ2) is 7.03. The van der Waals surface area contributed by atoms with Gasteiger partial charge in [-0.15, -0.1) is 11.3 Å². The molecule has 2 aromatic rings. The van der Waals surface area contributed by atoms with Gasteiger partial charge in [0.1, 0.15) is 5.82 Å². The zero-order valence-electron chi connectivity index (χ0n) is 12.0. The molecule has 2 rings (SSSR count). The van der Waals surface area contributed by atoms with Gasteiger partial charge in [-0.25, -0.2) is 4.98 Å². The number of hydrogen-bond acceptors (Lipinski definition) is 6. The van der Waals surface area contributed by atoms with E-state index in [9.17, 15) is 10.1 Å². The molecule has 7 heteroatoms. The van der Waals surface area contributed by atoms with Crippen LogP contribution in [0.1, 0.15) is 23.6 Å². The molecule has 0 saturated carbocycles. The number of aryl methyl sites for hydroxylation is 1. The summed E-state index contributed by atoms with van der Waals surface area (Å²) in [5, 5.41) is 17.2. The Morgan fingerprint density at radius 3 is 2.57 bits per heavy atom. The average molecular weight is 306 g/mol. The molecule has 0 spiro atoms. The molecular weight excluding hydrogens is 288 g/mol. The summed E-state index contributed by atoms with van der Waals surface area (Å²) in [5.74, 6) is 0.927. The van der Waals surface area contributed by atoms with Crippen molar-refractivity contribution >= 4 is 28.7 Å². The van der Waals surface area contributed by atoms with E-state index in [0.717, 1.165) is 17.8 Å². The van der Waals surface area contributed by atoms with Crippen molar-refractivity contribution in [2.75, 3.05) is 17.2 Å². The molecule has 0 unspecified atom stereocenters. The molecule has 0 aromatic carbocycles. The fourth-order valence-electron chi connectivity index (χ4n) is 1.89. The largest absolute Gasteiger partial charge is 0.370 e. The summed E-state index contributed by atoms with van der Waals surface area (Å²) in [5.41, 5.74) is -0.0103. The van der Waals surface area contributed by atoms with E-state index in [2.05, 4.69) is 28.6 Å². The van der Waals surface area contributed by atoms with Crippen molar-refractivity contribution in [1.82, 2.24) is 4.98 Å². The summed E-state index contributed by atoms with van der Waals surface area (Å²) in [6.45, 7) is 5.31. The number of hydrogen-bond donors (Lipinski definition) is 2. The molecule has 0 aliphatic carbocycles. The smallest absolute Gasteiger partial charge is 0.311 e. The van der Waals surface area contributed by atoms with Crippen LogP contribution in [0, 0.1) is 10.1 Å². The molecule has 0 saturated heterocycles. The molecule has 2 heterocycles. The molecule has 0 aliphatic rings. The summed E-state index contributed by atoms with van der Waals surface area (Å²) >= 11 is 1.71. The Morgan fingerprint density at radius 1 is 1.19 bits per heavy atom. The van der Waals surface area contributed by atoms with Gasteiger partial charge in [-0.2, -0.15) is 0 Å². The van der Waals surface area contributed by atoms with Crippen LogP contribution in [0.5, 0.6) is 0 Å². The highest BCUT2D eigenvalue weighted by atomic mass is 32.1. The number of nitrogens with one attached hydrogen (secondary N) is 2. The highest BCUT2D eigenvalue weighted by Gasteiger charge is 2.16. The van der Waals surface area contributed by atoms with E-state index < -0.39 is 4.92 Å². The van der Waals surface area contributed by atoms with Gasteiger partial charge in [-0.05, 0) is 31.5 Å². The van der Waals surface area contributed by atoms with Crippen molar-refractivity contribution < 1.29 is 4.92 Å². The van der Waals surface area contributed by atoms with Crippen LogP contribution in [-0.2, 0) is 13.0 Å². The molecular formula is C14H18N4O2S. The molecule has 0 radical (unpaired) electrons. The van der Waals surface area contributed by atoms with Gasteiger partial charge in [0, 0.05) is 22.4 Å². The lowest BCUT2D eigenvalue weighted by Crippen LogP contribution is -2.06. The minimum Gasteiger partial charge on any atom is -0.370 e. The van der Waals surface area contributed by atoms with E-state index in [4.69, 9.17) is 0 Å². The zero-order chi connectivity index (χ0) is 15.2. The number of aromatic nitrogens is 1. The van der Waals surface area contributed by atoms with Crippen LogP contribution in [0.25, 0.3) is 0 Å². The second-order valence-corrected chi connectivity index (χ2v) is 5.68. The van der Waals surface area contributed by atoms with E-state index in [0.29, 0.717) is 18.2 Å². The molecule has 0 bridgehead atoms. The fourth-order valence-corrected chi connectivity index (χ4v) is 2.78. The van der Waals surface area contributed by atoms with Crippen molar-refractivity contribution in [3.63, 3.8) is 0 Å². The quantitative estimate of drug-likeness (QED) is 0.603. The number of thiophene rings is 1. The summed E-state index contributed by atoms with van der Waals surface area (Å²) in [7, 11) is 0. The minimum absolute atomic E-state index is 0.0103. The van der Waals surface area contributed by atoms with Crippen LogP contribution >= 0.6 is 11.3 Å². The predicted molar refractivity (Wildman–Crippen MR) is 86.1 cm³/mol. The SMILES string of the molecule is CCNc1ccc([N+](=O)[O-])c(NCc2ccc(CC)s2)n1. The Bertz CT molecular complexity index is 627. The van der Waals surface area contributed by atoms with Gasteiger partial charge < -0.3 is 10.6 Å². The van der Waals surface area contributed by atoms with Crippen molar-refractivity contribution in [1.29, 1.82) is 0 Å². The maximum Gasteiger partial charge on any atom is 0.311 e. The lowest BCUT2D eigenvalue weighted by atomic mass is 10.3. The van der Waals surface area contributed by atoms with E-state index in [1.165, 1.54) is 10.9 Å². The van der Waals surface area contributed by atoms with Crippen LogP contribution in [0.15, 0.2) is 24.3 Å². The Kier molecular flexibility index (Phi) is 5.10. The molecule has 0 aliphatic heterocycles. The summed E-state index contributed by atoms with van der Waals surface area (Å²) in [6.07, 6.45) is 0.999. The van der Waals surface area contributed by atoms with Gasteiger partial charge in [-0.1, -0.05) is 6.92 Å². The monoisotopic (exact) mass is 306 g/mol. The third-order valence-corrected chi connectivity index (χ3v) is 4.15. The standard InChI is InChI=1S/C14H18N4O2S/c1-3-10-5-6-11(21-10)9-16-14-12(18(19)20)7-8-13(17-14)15-4-2/h5-8H,3-4,9H2,1-2H3,(H2,15,16,17). The Labute approximate surface area is 127 Å². The molecule has 0 atom stereocenters. The van der Waals surface area contributed by atoms with Crippen molar-refractivity contribution in [3.05, 3.63) is 44.1 Å². The van der Waals surface area contributed by atoms with Gasteiger partial charge >= 0.3 is 5.69 Å². The second-order valence-electron chi connectivity index (χ2n) is 4.43. The van der Waals surface area contributed by atoms with Gasteiger partial charge in [0.25, 0.3) is 0 Å². The van der Waals surface area contributed by atoms with Crippen LogP contribution in [0.4, 0.5) is 17.3 Å². The minimum atomic E-state index is -0.420. The first-order valence-electron chi connectivity index (χ1n) is 6.84. The van der Waals surface area contributed by atoms with Gasteiger partial charge in [0.05, 0.1) is 11.5 Å². The first-order chi connectivity index (χ1) is 10.1. The Hall–Kier alpha value is -2.15. The van der Waals surface area contributed by atoms with E-state index >= 15 is 0 Å². The third kappa shape index (κ3) is 3.91. The molecule has 0 fully saturated rings. The normalized spacial score (nSPS) is 10.4. The molecule has 21 heavy (non-hydrogen) atoms. The molecule has 2 aromatic heterocycles. The number of nitro groups is 1. The first kappa shape index (κ1) is 15.2.